The second-order valence-corrected chi connectivity index (χ2v) is 11.8. The Morgan fingerprint density at radius 1 is 0.556 bits per heavy atom. The molecule has 11 heteroatoms. The average Bonchev–Trinajstić information content (AvgIpc) is 2.80. The summed E-state index contributed by atoms with van der Waals surface area (Å²) in [5, 5.41) is 0. The average molecular weight is 561 g/mol. The number of rotatable bonds is 29. The number of quaternary nitrogens is 1. The van der Waals surface area contributed by atoms with Crippen LogP contribution in [-0.4, -0.2) is 109 Å². The Labute approximate surface area is 226 Å². The third-order valence-electron chi connectivity index (χ3n) is 5.31. The highest BCUT2D eigenvalue weighted by molar-refractivity contribution is 7.80. The molecule has 1 N–H and O–H groups in total. The van der Waals surface area contributed by atoms with Gasteiger partial charge in [0.1, 0.15) is 13.2 Å². The number of ether oxygens (including phenoxy) is 4. The summed E-state index contributed by atoms with van der Waals surface area (Å²) in [6.07, 6.45) is 13.0. The summed E-state index contributed by atoms with van der Waals surface area (Å²) in [4.78, 5) is 9.59. The lowest BCUT2D eigenvalue weighted by Crippen LogP contribution is -2.37. The van der Waals surface area contributed by atoms with E-state index in [1.165, 1.54) is 57.8 Å². The van der Waals surface area contributed by atoms with E-state index in [9.17, 15) is 9.46 Å². The van der Waals surface area contributed by atoms with Crippen LogP contribution >= 0.6 is 20.5 Å². The van der Waals surface area contributed by atoms with Crippen molar-refractivity contribution in [3.05, 3.63) is 0 Å². The number of phosphoric acid groups is 1. The van der Waals surface area contributed by atoms with Crippen molar-refractivity contribution < 1.29 is 41.9 Å². The Hall–Kier alpha value is 0.260. The molecule has 0 aromatic heterocycles. The maximum atomic E-state index is 11.7. The van der Waals surface area contributed by atoms with Crippen LogP contribution < -0.4 is 0 Å². The van der Waals surface area contributed by atoms with E-state index in [0.29, 0.717) is 50.7 Å². The van der Waals surface area contributed by atoms with E-state index in [0.717, 1.165) is 18.8 Å². The minimum atomic E-state index is -4.03. The summed E-state index contributed by atoms with van der Waals surface area (Å²) in [6.45, 7) is 4.73. The fourth-order valence-electron chi connectivity index (χ4n) is 3.17. The topological polar surface area (TPSA) is 92.7 Å². The van der Waals surface area contributed by atoms with Crippen molar-refractivity contribution in [2.75, 3.05) is 99.5 Å². The molecule has 218 valence electrons. The number of likely N-dealkylation sites (N-methyl/N-ethyl adjacent to an activating group) is 1. The van der Waals surface area contributed by atoms with Gasteiger partial charge in [0, 0.05) is 6.61 Å². The van der Waals surface area contributed by atoms with E-state index in [1.54, 1.807) is 0 Å². The molecule has 0 aliphatic heterocycles. The lowest BCUT2D eigenvalue weighted by molar-refractivity contribution is -0.870. The summed E-state index contributed by atoms with van der Waals surface area (Å²) in [5.41, 5.74) is 0. The van der Waals surface area contributed by atoms with Crippen LogP contribution in [0.3, 0.4) is 0 Å². The maximum absolute atomic E-state index is 11.7. The molecular formula is C25H55NO8PS+. The molecule has 9 nitrogen and oxygen atoms in total. The van der Waals surface area contributed by atoms with Gasteiger partial charge >= 0.3 is 7.82 Å². The number of phosphoric ester groups is 1. The van der Waals surface area contributed by atoms with Gasteiger partial charge < -0.3 is 28.3 Å². The molecule has 0 saturated carbocycles. The maximum Gasteiger partial charge on any atom is 0.472 e. The first-order valence-electron chi connectivity index (χ1n) is 13.6. The van der Waals surface area contributed by atoms with Crippen molar-refractivity contribution in [1.82, 2.24) is 0 Å². The number of thiol groups is 1. The van der Waals surface area contributed by atoms with Crippen molar-refractivity contribution in [2.45, 2.75) is 64.2 Å². The molecule has 36 heavy (non-hydrogen) atoms. The van der Waals surface area contributed by atoms with Gasteiger partial charge in [-0.15, -0.1) is 0 Å². The van der Waals surface area contributed by atoms with Crippen molar-refractivity contribution in [2.24, 2.45) is 0 Å². The molecule has 0 rings (SSSR count). The van der Waals surface area contributed by atoms with Crippen LogP contribution in [0, 0.1) is 0 Å². The van der Waals surface area contributed by atoms with E-state index in [-0.39, 0.29) is 19.8 Å². The third-order valence-corrected chi connectivity index (χ3v) is 6.65. The van der Waals surface area contributed by atoms with Gasteiger partial charge in [-0.05, 0) is 18.6 Å². The molecule has 0 spiro atoms. The Bertz CT molecular complexity index is 511. The first kappa shape index (κ1) is 36.3. The summed E-state index contributed by atoms with van der Waals surface area (Å²) in [5.74, 6) is 1.02. The van der Waals surface area contributed by atoms with E-state index in [2.05, 4.69) is 12.6 Å². The molecule has 0 aromatic rings. The Balaban J connectivity index is 3.20. The molecule has 1 atom stereocenters. The molecule has 0 radical (unpaired) electrons. The van der Waals surface area contributed by atoms with Gasteiger partial charge in [-0.3, -0.25) is 9.05 Å². The summed E-state index contributed by atoms with van der Waals surface area (Å²) in [7, 11) is 1.90. The zero-order valence-corrected chi connectivity index (χ0v) is 25.0. The monoisotopic (exact) mass is 560 g/mol. The lowest BCUT2D eigenvalue weighted by Gasteiger charge is -2.24. The van der Waals surface area contributed by atoms with E-state index >= 15 is 0 Å². The normalized spacial score (nSPS) is 13.8. The molecule has 1 unspecified atom stereocenters. The summed E-state index contributed by atoms with van der Waals surface area (Å²) < 4.78 is 44.0. The molecular weight excluding hydrogens is 505 g/mol. The molecule has 0 aromatic carbocycles. The number of hydrogen-bond donors (Lipinski definition) is 2. The SMILES string of the molecule is C[N+](C)(C)CCOP(=O)(O)OCCOCCOCCOCCOCCCCCCCCCCCCS. The van der Waals surface area contributed by atoms with Crippen LogP contribution in [0.1, 0.15) is 64.2 Å². The first-order chi connectivity index (χ1) is 17.3. The van der Waals surface area contributed by atoms with Gasteiger partial charge in [0.15, 0.2) is 0 Å². The summed E-state index contributed by atoms with van der Waals surface area (Å²) in [6, 6.07) is 0. The van der Waals surface area contributed by atoms with Gasteiger partial charge in [0.2, 0.25) is 0 Å². The molecule has 0 amide bonds. The highest BCUT2D eigenvalue weighted by Gasteiger charge is 2.22. The molecule has 0 bridgehead atoms. The second kappa shape index (κ2) is 25.5. The van der Waals surface area contributed by atoms with Gasteiger partial charge in [-0.2, -0.15) is 12.6 Å². The predicted molar refractivity (Wildman–Crippen MR) is 148 cm³/mol. The largest absolute Gasteiger partial charge is 0.472 e. The third kappa shape index (κ3) is 30.5. The minimum Gasteiger partial charge on any atom is -0.379 e. The Kier molecular flexibility index (Phi) is 25.7. The highest BCUT2D eigenvalue weighted by atomic mass is 32.1. The van der Waals surface area contributed by atoms with Crippen LogP contribution in [0.2, 0.25) is 0 Å². The van der Waals surface area contributed by atoms with Crippen molar-refractivity contribution in [3.63, 3.8) is 0 Å². The second-order valence-electron chi connectivity index (χ2n) is 9.86. The fraction of sp³-hybridized carbons (Fsp3) is 1.00. The van der Waals surface area contributed by atoms with Crippen LogP contribution in [0.25, 0.3) is 0 Å². The zero-order valence-electron chi connectivity index (χ0n) is 23.2. The van der Waals surface area contributed by atoms with E-state index in [1.807, 2.05) is 21.1 Å². The van der Waals surface area contributed by atoms with Crippen molar-refractivity contribution in [3.8, 4) is 0 Å². The predicted octanol–water partition coefficient (Wildman–Crippen LogP) is 4.72. The molecule has 0 fully saturated rings. The molecule has 0 saturated heterocycles. The van der Waals surface area contributed by atoms with Crippen molar-refractivity contribution >= 4 is 20.5 Å². The fourth-order valence-corrected chi connectivity index (χ4v) is 4.09. The van der Waals surface area contributed by atoms with Crippen LogP contribution in [0.5, 0.6) is 0 Å². The number of nitrogens with zero attached hydrogens (tertiary/aromatic N) is 1. The van der Waals surface area contributed by atoms with Crippen LogP contribution in [0.4, 0.5) is 0 Å². The molecule has 0 aliphatic rings. The van der Waals surface area contributed by atoms with Gasteiger partial charge in [-0.1, -0.05) is 51.4 Å². The van der Waals surface area contributed by atoms with Gasteiger partial charge in [0.25, 0.3) is 0 Å². The first-order valence-corrected chi connectivity index (χ1v) is 15.7. The van der Waals surface area contributed by atoms with Gasteiger partial charge in [0.05, 0.1) is 74.0 Å². The van der Waals surface area contributed by atoms with Crippen molar-refractivity contribution in [1.29, 1.82) is 0 Å². The van der Waals surface area contributed by atoms with E-state index < -0.39 is 7.82 Å². The molecule has 0 aliphatic carbocycles. The Morgan fingerprint density at radius 2 is 0.917 bits per heavy atom. The highest BCUT2D eigenvalue weighted by Crippen LogP contribution is 2.42. The minimum absolute atomic E-state index is 0.0154. The number of hydrogen-bond acceptors (Lipinski definition) is 8. The van der Waals surface area contributed by atoms with E-state index in [4.69, 9.17) is 28.0 Å². The molecule has 0 heterocycles. The van der Waals surface area contributed by atoms with Crippen LogP contribution in [0.15, 0.2) is 0 Å². The van der Waals surface area contributed by atoms with Gasteiger partial charge in [-0.25, -0.2) is 4.57 Å². The standard InChI is InChI=1S/C25H54NO8PS/c1-26(2,3)14-16-33-35(27,28)34-24-23-32-22-21-31-20-19-30-18-17-29-15-12-10-8-6-4-5-7-9-11-13-25-36/h4-25H2,1-3H3,(H-,27,28,36)/p+1. The smallest absolute Gasteiger partial charge is 0.379 e. The summed E-state index contributed by atoms with van der Waals surface area (Å²) >= 11 is 4.24. The van der Waals surface area contributed by atoms with Crippen LogP contribution in [-0.2, 0) is 32.6 Å². The number of unbranched alkanes of at least 4 members (excludes halogenated alkanes) is 9. The zero-order chi connectivity index (χ0) is 26.8. The quantitative estimate of drug-likeness (QED) is 0.0588. The Morgan fingerprint density at radius 3 is 1.36 bits per heavy atom. The lowest BCUT2D eigenvalue weighted by atomic mass is 10.1.